The molecule has 0 N–H and O–H groups in total. The lowest BCUT2D eigenvalue weighted by Gasteiger charge is -2.40. The summed E-state index contributed by atoms with van der Waals surface area (Å²) in [5, 5.41) is 9.31. The van der Waals surface area contributed by atoms with Gasteiger partial charge in [-0.25, -0.2) is 15.0 Å². The Labute approximate surface area is 148 Å². The monoisotopic (exact) mass is 334 g/mol. The maximum absolute atomic E-state index is 9.31. The molecule has 128 valence electrons. The molecule has 2 aliphatic rings. The first kappa shape index (κ1) is 15.8. The summed E-state index contributed by atoms with van der Waals surface area (Å²) < 4.78 is 0. The van der Waals surface area contributed by atoms with Gasteiger partial charge in [0.15, 0.2) is 0 Å². The van der Waals surface area contributed by atoms with Gasteiger partial charge in [-0.05, 0) is 44.7 Å². The summed E-state index contributed by atoms with van der Waals surface area (Å²) in [4.78, 5) is 17.9. The summed E-state index contributed by atoms with van der Waals surface area (Å²) >= 11 is 0. The van der Waals surface area contributed by atoms with Crippen LogP contribution < -0.4 is 9.80 Å². The number of nitrogens with zero attached hydrogens (tertiary/aromatic N) is 6. The summed E-state index contributed by atoms with van der Waals surface area (Å²) in [7, 11) is 0. The molecular formula is C19H22N6. The quantitative estimate of drug-likeness (QED) is 0.856. The van der Waals surface area contributed by atoms with E-state index in [2.05, 4.69) is 36.9 Å². The molecule has 1 saturated heterocycles. The highest BCUT2D eigenvalue weighted by Gasteiger charge is 2.36. The van der Waals surface area contributed by atoms with E-state index < -0.39 is 0 Å². The normalized spacial score (nSPS) is 18.0. The van der Waals surface area contributed by atoms with Crippen molar-refractivity contribution >= 4 is 11.6 Å². The minimum atomic E-state index is 0.493. The van der Waals surface area contributed by atoms with Crippen LogP contribution >= 0.6 is 0 Å². The van der Waals surface area contributed by atoms with Crippen molar-refractivity contribution in [3.05, 3.63) is 42.0 Å². The lowest BCUT2D eigenvalue weighted by Crippen LogP contribution is -2.46. The topological polar surface area (TPSA) is 68.9 Å². The van der Waals surface area contributed by atoms with Crippen LogP contribution in [0.2, 0.25) is 0 Å². The molecular weight excluding hydrogens is 312 g/mol. The van der Waals surface area contributed by atoms with Gasteiger partial charge in [-0.3, -0.25) is 0 Å². The first-order valence-electron chi connectivity index (χ1n) is 8.93. The molecule has 6 heteroatoms. The molecule has 1 saturated carbocycles. The number of nitriles is 1. The molecule has 6 nitrogen and oxygen atoms in total. The van der Waals surface area contributed by atoms with E-state index in [-0.39, 0.29) is 0 Å². The van der Waals surface area contributed by atoms with Crippen LogP contribution in [0.4, 0.5) is 11.6 Å². The van der Waals surface area contributed by atoms with E-state index in [0.29, 0.717) is 17.6 Å². The first-order valence-corrected chi connectivity index (χ1v) is 8.93. The van der Waals surface area contributed by atoms with Crippen molar-refractivity contribution < 1.29 is 0 Å². The zero-order valence-corrected chi connectivity index (χ0v) is 14.5. The standard InChI is InChI=1S/C19H22N6/c1-14-11-18(23-13-22-14)25(16-4-5-16)17-6-9-24(10-7-17)19-15(12-20)3-2-8-21-19/h2-3,8,11,13,16-17H,4-7,9-10H2,1H3. The zero-order valence-electron chi connectivity index (χ0n) is 14.5. The fraction of sp³-hybridized carbons (Fsp3) is 0.474. The van der Waals surface area contributed by atoms with Gasteiger partial charge in [-0.1, -0.05) is 0 Å². The molecule has 25 heavy (non-hydrogen) atoms. The van der Waals surface area contributed by atoms with Gasteiger partial charge in [0, 0.05) is 43.1 Å². The number of rotatable bonds is 4. The van der Waals surface area contributed by atoms with Gasteiger partial charge < -0.3 is 9.80 Å². The van der Waals surface area contributed by atoms with Crippen LogP contribution in [0.3, 0.4) is 0 Å². The summed E-state index contributed by atoms with van der Waals surface area (Å²) in [5.74, 6) is 1.88. The predicted molar refractivity (Wildman–Crippen MR) is 96.5 cm³/mol. The molecule has 0 atom stereocenters. The van der Waals surface area contributed by atoms with Crippen LogP contribution in [0.1, 0.15) is 36.9 Å². The average molecular weight is 334 g/mol. The van der Waals surface area contributed by atoms with Crippen LogP contribution in [0.15, 0.2) is 30.7 Å². The second-order valence-electron chi connectivity index (χ2n) is 6.86. The van der Waals surface area contributed by atoms with Crippen LogP contribution in [-0.4, -0.2) is 40.1 Å². The number of aryl methyl sites for hydroxylation is 1. The fourth-order valence-corrected chi connectivity index (χ4v) is 3.70. The third-order valence-electron chi connectivity index (χ3n) is 5.06. The second-order valence-corrected chi connectivity index (χ2v) is 6.86. The smallest absolute Gasteiger partial charge is 0.146 e. The van der Waals surface area contributed by atoms with Crippen LogP contribution in [0.25, 0.3) is 0 Å². The van der Waals surface area contributed by atoms with Gasteiger partial charge in [0.1, 0.15) is 24.0 Å². The van der Waals surface area contributed by atoms with E-state index in [1.54, 1.807) is 12.5 Å². The maximum atomic E-state index is 9.31. The van der Waals surface area contributed by atoms with Gasteiger partial charge in [-0.15, -0.1) is 0 Å². The van der Waals surface area contributed by atoms with Crippen molar-refractivity contribution in [2.75, 3.05) is 22.9 Å². The molecule has 0 radical (unpaired) electrons. The van der Waals surface area contributed by atoms with Gasteiger partial charge in [0.25, 0.3) is 0 Å². The van der Waals surface area contributed by atoms with Crippen molar-refractivity contribution in [1.29, 1.82) is 5.26 Å². The van der Waals surface area contributed by atoms with E-state index in [4.69, 9.17) is 0 Å². The Morgan fingerprint density at radius 3 is 2.56 bits per heavy atom. The lowest BCUT2D eigenvalue weighted by molar-refractivity contribution is 0.457. The summed E-state index contributed by atoms with van der Waals surface area (Å²) in [6, 6.07) is 9.13. The zero-order chi connectivity index (χ0) is 17.2. The van der Waals surface area contributed by atoms with E-state index in [9.17, 15) is 5.26 Å². The largest absolute Gasteiger partial charge is 0.355 e. The summed E-state index contributed by atoms with van der Waals surface area (Å²) in [6.07, 6.45) is 8.05. The van der Waals surface area contributed by atoms with Crippen molar-refractivity contribution in [3.63, 3.8) is 0 Å². The highest BCUT2D eigenvalue weighted by molar-refractivity contribution is 5.54. The fourth-order valence-electron chi connectivity index (χ4n) is 3.70. The van der Waals surface area contributed by atoms with Crippen molar-refractivity contribution in [2.24, 2.45) is 0 Å². The van der Waals surface area contributed by atoms with Crippen LogP contribution in [0.5, 0.6) is 0 Å². The van der Waals surface area contributed by atoms with Gasteiger partial charge >= 0.3 is 0 Å². The number of hydrogen-bond donors (Lipinski definition) is 0. The molecule has 0 bridgehead atoms. The third-order valence-corrected chi connectivity index (χ3v) is 5.06. The number of hydrogen-bond acceptors (Lipinski definition) is 6. The third kappa shape index (κ3) is 3.27. The Kier molecular flexibility index (Phi) is 4.22. The molecule has 0 amide bonds. The number of piperidine rings is 1. The molecule has 0 unspecified atom stereocenters. The lowest BCUT2D eigenvalue weighted by atomic mass is 10.0. The van der Waals surface area contributed by atoms with Gasteiger partial charge in [0.2, 0.25) is 0 Å². The molecule has 3 heterocycles. The number of aromatic nitrogens is 3. The molecule has 1 aliphatic carbocycles. The van der Waals surface area contributed by atoms with E-state index in [0.717, 1.165) is 43.3 Å². The highest BCUT2D eigenvalue weighted by atomic mass is 15.3. The highest BCUT2D eigenvalue weighted by Crippen LogP contribution is 2.35. The van der Waals surface area contributed by atoms with Gasteiger partial charge in [0.05, 0.1) is 5.56 Å². The Morgan fingerprint density at radius 1 is 1.12 bits per heavy atom. The van der Waals surface area contributed by atoms with Crippen molar-refractivity contribution in [3.8, 4) is 6.07 Å². The second kappa shape index (κ2) is 6.67. The van der Waals surface area contributed by atoms with E-state index in [1.165, 1.54) is 12.8 Å². The van der Waals surface area contributed by atoms with E-state index in [1.807, 2.05) is 19.1 Å². The predicted octanol–water partition coefficient (Wildman–Crippen LogP) is 2.69. The molecule has 2 fully saturated rings. The average Bonchev–Trinajstić information content (AvgIpc) is 3.48. The molecule has 1 aliphatic heterocycles. The number of pyridine rings is 1. The molecule has 0 spiro atoms. The Morgan fingerprint density at radius 2 is 1.88 bits per heavy atom. The number of anilines is 2. The van der Waals surface area contributed by atoms with Gasteiger partial charge in [-0.2, -0.15) is 5.26 Å². The summed E-state index contributed by atoms with van der Waals surface area (Å²) in [5.41, 5.74) is 1.67. The Hall–Kier alpha value is -2.68. The molecule has 4 rings (SSSR count). The first-order chi connectivity index (χ1) is 12.3. The van der Waals surface area contributed by atoms with Crippen molar-refractivity contribution in [1.82, 2.24) is 15.0 Å². The van der Waals surface area contributed by atoms with Crippen LogP contribution in [0, 0.1) is 18.3 Å². The molecule has 2 aromatic heterocycles. The minimum absolute atomic E-state index is 0.493. The van der Waals surface area contributed by atoms with E-state index >= 15 is 0 Å². The minimum Gasteiger partial charge on any atom is -0.355 e. The van der Waals surface area contributed by atoms with Crippen LogP contribution in [-0.2, 0) is 0 Å². The SMILES string of the molecule is Cc1cc(N(C2CC2)C2CCN(c3ncccc3C#N)CC2)ncn1. The Balaban J connectivity index is 1.50. The molecule has 2 aromatic rings. The maximum Gasteiger partial charge on any atom is 0.146 e. The molecule has 0 aromatic carbocycles. The summed E-state index contributed by atoms with van der Waals surface area (Å²) in [6.45, 7) is 3.86. The van der Waals surface area contributed by atoms with Crippen molar-refractivity contribution in [2.45, 2.75) is 44.7 Å². The Bertz CT molecular complexity index is 786.